The Labute approximate surface area is 136 Å². The summed E-state index contributed by atoms with van der Waals surface area (Å²) in [6.07, 6.45) is -6.35. The van der Waals surface area contributed by atoms with Crippen LogP contribution in [0.2, 0.25) is 0 Å². The van der Waals surface area contributed by atoms with Crippen LogP contribution < -0.4 is 5.32 Å². The van der Waals surface area contributed by atoms with E-state index in [1.165, 1.54) is 0 Å². The van der Waals surface area contributed by atoms with Crippen LogP contribution in [0.5, 0.6) is 0 Å². The van der Waals surface area contributed by atoms with E-state index in [1.54, 1.807) is 0 Å². The molecule has 0 aliphatic heterocycles. The van der Waals surface area contributed by atoms with Crippen LogP contribution in [0, 0.1) is 0 Å². The SMILES string of the molecule is O=C(NCc1ccccc1)OCC(O)c1ccc(C(F)(F)F)cc1. The number of aliphatic hydroxyl groups excluding tert-OH is 1. The van der Waals surface area contributed by atoms with Crippen molar-refractivity contribution in [2.75, 3.05) is 6.61 Å². The summed E-state index contributed by atoms with van der Waals surface area (Å²) in [5.41, 5.74) is 0.316. The molecule has 0 bridgehead atoms. The van der Waals surface area contributed by atoms with E-state index >= 15 is 0 Å². The molecule has 0 spiro atoms. The van der Waals surface area contributed by atoms with E-state index in [2.05, 4.69) is 5.32 Å². The van der Waals surface area contributed by atoms with Gasteiger partial charge < -0.3 is 15.2 Å². The summed E-state index contributed by atoms with van der Waals surface area (Å²) in [4.78, 5) is 11.5. The third-order valence-corrected chi connectivity index (χ3v) is 3.27. The molecule has 4 nitrogen and oxygen atoms in total. The fraction of sp³-hybridized carbons (Fsp3) is 0.235. The van der Waals surface area contributed by atoms with Crippen LogP contribution in [0.15, 0.2) is 54.6 Å². The average Bonchev–Trinajstić information content (AvgIpc) is 2.58. The molecule has 7 heteroatoms. The molecule has 0 aliphatic carbocycles. The molecule has 0 fully saturated rings. The second-order valence-electron chi connectivity index (χ2n) is 5.07. The molecule has 1 amide bonds. The molecule has 1 unspecified atom stereocenters. The Morgan fingerprint density at radius 3 is 2.29 bits per heavy atom. The molecule has 128 valence electrons. The average molecular weight is 339 g/mol. The van der Waals surface area contributed by atoms with Gasteiger partial charge in [-0.15, -0.1) is 0 Å². The minimum Gasteiger partial charge on any atom is -0.446 e. The maximum atomic E-state index is 12.5. The molecule has 0 aromatic heterocycles. The minimum atomic E-state index is -4.43. The van der Waals surface area contributed by atoms with E-state index in [0.29, 0.717) is 0 Å². The Hall–Kier alpha value is -2.54. The number of alkyl carbamates (subject to hydrolysis) is 1. The third kappa shape index (κ3) is 5.27. The number of nitrogens with one attached hydrogen (secondary N) is 1. The van der Waals surface area contributed by atoms with Gasteiger partial charge in [0.15, 0.2) is 0 Å². The molecule has 0 saturated carbocycles. The van der Waals surface area contributed by atoms with Gasteiger partial charge in [-0.3, -0.25) is 0 Å². The van der Waals surface area contributed by atoms with Crippen molar-refractivity contribution >= 4 is 6.09 Å². The van der Waals surface area contributed by atoms with Crippen LogP contribution in [0.3, 0.4) is 0 Å². The minimum absolute atomic E-state index is 0.235. The number of carbonyl (C=O) groups is 1. The summed E-state index contributed by atoms with van der Waals surface area (Å²) in [5, 5.41) is 12.4. The van der Waals surface area contributed by atoms with Crippen LogP contribution in [-0.2, 0) is 17.5 Å². The van der Waals surface area contributed by atoms with Gasteiger partial charge in [0.05, 0.1) is 5.56 Å². The predicted molar refractivity (Wildman–Crippen MR) is 81.0 cm³/mol. The van der Waals surface area contributed by atoms with E-state index in [1.807, 2.05) is 30.3 Å². The largest absolute Gasteiger partial charge is 0.446 e. The van der Waals surface area contributed by atoms with Crippen LogP contribution in [0.25, 0.3) is 0 Å². The van der Waals surface area contributed by atoms with Crippen molar-refractivity contribution in [2.24, 2.45) is 0 Å². The van der Waals surface area contributed by atoms with Gasteiger partial charge in [-0.05, 0) is 23.3 Å². The number of amides is 1. The van der Waals surface area contributed by atoms with Gasteiger partial charge in [0.2, 0.25) is 0 Å². The van der Waals surface area contributed by atoms with Gasteiger partial charge in [0.25, 0.3) is 0 Å². The molecule has 1 atom stereocenters. The maximum absolute atomic E-state index is 12.5. The summed E-state index contributed by atoms with van der Waals surface area (Å²) < 4.78 is 42.2. The molecule has 2 aromatic rings. The third-order valence-electron chi connectivity index (χ3n) is 3.27. The standard InChI is InChI=1S/C17H16F3NO3/c18-17(19,20)14-8-6-13(7-9-14)15(22)11-24-16(23)21-10-12-4-2-1-3-5-12/h1-9,15,22H,10-11H2,(H,21,23). The van der Waals surface area contributed by atoms with Crippen LogP contribution in [0.1, 0.15) is 22.8 Å². The first-order valence-corrected chi connectivity index (χ1v) is 7.16. The van der Waals surface area contributed by atoms with Crippen molar-refractivity contribution in [1.82, 2.24) is 5.32 Å². The summed E-state index contributed by atoms with van der Waals surface area (Å²) in [6.45, 7) is -0.0813. The number of alkyl halides is 3. The molecule has 0 saturated heterocycles. The Bertz CT molecular complexity index is 657. The number of rotatable bonds is 5. The van der Waals surface area contributed by atoms with Gasteiger partial charge in [-0.25, -0.2) is 4.79 Å². The predicted octanol–water partition coefficient (Wildman–Crippen LogP) is 3.67. The molecular formula is C17H16F3NO3. The van der Waals surface area contributed by atoms with Crippen LogP contribution in [0.4, 0.5) is 18.0 Å². The number of ether oxygens (including phenoxy) is 1. The number of benzene rings is 2. The molecule has 0 heterocycles. The lowest BCUT2D eigenvalue weighted by Gasteiger charge is -2.13. The monoisotopic (exact) mass is 339 g/mol. The Morgan fingerprint density at radius 1 is 1.08 bits per heavy atom. The van der Waals surface area contributed by atoms with E-state index in [0.717, 1.165) is 29.8 Å². The van der Waals surface area contributed by atoms with Crippen molar-refractivity contribution in [3.63, 3.8) is 0 Å². The summed E-state index contributed by atoms with van der Waals surface area (Å²) in [7, 11) is 0. The molecule has 2 aromatic carbocycles. The van der Waals surface area contributed by atoms with Gasteiger partial charge in [0, 0.05) is 6.54 Å². The quantitative estimate of drug-likeness (QED) is 0.874. The van der Waals surface area contributed by atoms with Gasteiger partial charge >= 0.3 is 12.3 Å². The normalized spacial score (nSPS) is 12.5. The van der Waals surface area contributed by atoms with Crippen molar-refractivity contribution in [1.29, 1.82) is 0 Å². The zero-order valence-electron chi connectivity index (χ0n) is 12.6. The zero-order chi connectivity index (χ0) is 17.6. The summed E-state index contributed by atoms with van der Waals surface area (Å²) >= 11 is 0. The maximum Gasteiger partial charge on any atom is 0.416 e. The van der Waals surface area contributed by atoms with E-state index in [9.17, 15) is 23.1 Å². The molecule has 24 heavy (non-hydrogen) atoms. The molecule has 2 rings (SSSR count). The van der Waals surface area contributed by atoms with Crippen molar-refractivity contribution < 1.29 is 27.8 Å². The van der Waals surface area contributed by atoms with Crippen LogP contribution >= 0.6 is 0 Å². The summed E-state index contributed by atoms with van der Waals surface area (Å²) in [5.74, 6) is 0. The van der Waals surface area contributed by atoms with E-state index in [4.69, 9.17) is 4.74 Å². The first-order valence-electron chi connectivity index (χ1n) is 7.16. The molecule has 0 aliphatic rings. The smallest absolute Gasteiger partial charge is 0.416 e. The van der Waals surface area contributed by atoms with Gasteiger partial charge in [-0.2, -0.15) is 13.2 Å². The Morgan fingerprint density at radius 2 is 1.71 bits per heavy atom. The number of carbonyl (C=O) groups excluding carboxylic acids is 1. The summed E-state index contributed by atoms with van der Waals surface area (Å²) in [6, 6.07) is 13.2. The lowest BCUT2D eigenvalue weighted by molar-refractivity contribution is -0.137. The van der Waals surface area contributed by atoms with Crippen molar-refractivity contribution in [3.05, 3.63) is 71.3 Å². The van der Waals surface area contributed by atoms with Crippen molar-refractivity contribution in [2.45, 2.75) is 18.8 Å². The fourth-order valence-electron chi connectivity index (χ4n) is 1.97. The highest BCUT2D eigenvalue weighted by Crippen LogP contribution is 2.29. The number of halogens is 3. The lowest BCUT2D eigenvalue weighted by atomic mass is 10.1. The number of aliphatic hydroxyl groups is 1. The lowest BCUT2D eigenvalue weighted by Crippen LogP contribution is -2.25. The van der Waals surface area contributed by atoms with E-state index in [-0.39, 0.29) is 18.7 Å². The second-order valence-corrected chi connectivity index (χ2v) is 5.07. The molecular weight excluding hydrogens is 323 g/mol. The topological polar surface area (TPSA) is 58.6 Å². The number of hydrogen-bond acceptors (Lipinski definition) is 3. The second kappa shape index (κ2) is 7.83. The van der Waals surface area contributed by atoms with Crippen LogP contribution in [-0.4, -0.2) is 17.8 Å². The zero-order valence-corrected chi connectivity index (χ0v) is 12.6. The molecule has 2 N–H and O–H groups in total. The first-order chi connectivity index (χ1) is 11.4. The first kappa shape index (κ1) is 17.8. The Balaban J connectivity index is 1.80. The van der Waals surface area contributed by atoms with Crippen molar-refractivity contribution in [3.8, 4) is 0 Å². The highest BCUT2D eigenvalue weighted by atomic mass is 19.4. The van der Waals surface area contributed by atoms with E-state index < -0.39 is 23.9 Å². The Kier molecular flexibility index (Phi) is 5.81. The van der Waals surface area contributed by atoms with Gasteiger partial charge in [0.1, 0.15) is 12.7 Å². The highest BCUT2D eigenvalue weighted by Gasteiger charge is 2.30. The molecule has 0 radical (unpaired) electrons. The fourth-order valence-corrected chi connectivity index (χ4v) is 1.97. The van der Waals surface area contributed by atoms with Gasteiger partial charge in [-0.1, -0.05) is 42.5 Å². The highest BCUT2D eigenvalue weighted by molar-refractivity contribution is 5.67. The number of hydrogen-bond donors (Lipinski definition) is 2.